The zero-order valence-corrected chi connectivity index (χ0v) is 19.9. The number of anilines is 2. The summed E-state index contributed by atoms with van der Waals surface area (Å²) in [6, 6.07) is 8.44. The summed E-state index contributed by atoms with van der Waals surface area (Å²) < 4.78 is 0. The van der Waals surface area contributed by atoms with Gasteiger partial charge in [0.25, 0.3) is 0 Å². The minimum atomic E-state index is 0. The summed E-state index contributed by atoms with van der Waals surface area (Å²) >= 11 is 0. The number of hydrogen-bond acceptors (Lipinski definition) is 4. The number of carbonyl (C=O) groups excluding carboxylic acids is 1. The van der Waals surface area contributed by atoms with Crippen molar-refractivity contribution in [3.8, 4) is 0 Å². The third-order valence-electron chi connectivity index (χ3n) is 7.17. The van der Waals surface area contributed by atoms with Gasteiger partial charge in [0, 0.05) is 50.0 Å². The molecule has 1 unspecified atom stereocenters. The first-order valence-electron chi connectivity index (χ1n) is 10.8. The Morgan fingerprint density at radius 1 is 1.07 bits per heavy atom. The van der Waals surface area contributed by atoms with Gasteiger partial charge in [-0.05, 0) is 74.7 Å². The number of piperidine rings is 1. The Morgan fingerprint density at radius 3 is 2.43 bits per heavy atom. The third-order valence-corrected chi connectivity index (χ3v) is 7.17. The zero-order valence-electron chi connectivity index (χ0n) is 17.5. The van der Waals surface area contributed by atoms with E-state index in [2.05, 4.69) is 38.6 Å². The van der Waals surface area contributed by atoms with Crippen LogP contribution in [0.1, 0.15) is 32.1 Å². The normalized spacial score (nSPS) is 24.8. The monoisotopic (exact) mass is 476 g/mol. The standard InChI is InChI=1S/C22H32N4O.3ClH/c27-21(20-15-22(20)6-8-23-9-7-22)24-18-2-1-3-19(14-18)26-12-10-25(11-13-26)16-17-4-5-17;;;/h1-3,14,17,20,23H,4-13,15-16H2,(H,24,27);3*1H. The van der Waals surface area contributed by atoms with Gasteiger partial charge >= 0.3 is 0 Å². The summed E-state index contributed by atoms with van der Waals surface area (Å²) in [6.45, 7) is 7.91. The quantitative estimate of drug-likeness (QED) is 0.677. The number of benzene rings is 1. The van der Waals surface area contributed by atoms with E-state index in [4.69, 9.17) is 0 Å². The molecule has 4 fully saturated rings. The van der Waals surface area contributed by atoms with Crippen LogP contribution in [0.4, 0.5) is 11.4 Å². The van der Waals surface area contributed by atoms with Gasteiger partial charge in [-0.3, -0.25) is 9.69 Å². The number of nitrogens with one attached hydrogen (secondary N) is 2. The molecule has 2 aliphatic heterocycles. The molecule has 170 valence electrons. The molecule has 5 rings (SSSR count). The van der Waals surface area contributed by atoms with Crippen LogP contribution in [0.25, 0.3) is 0 Å². The van der Waals surface area contributed by atoms with Crippen LogP contribution in [0.15, 0.2) is 24.3 Å². The lowest BCUT2D eigenvalue weighted by atomic mass is 9.92. The summed E-state index contributed by atoms with van der Waals surface area (Å²) in [5.74, 6) is 1.42. The van der Waals surface area contributed by atoms with E-state index in [1.54, 1.807) is 0 Å². The fourth-order valence-electron chi connectivity index (χ4n) is 5.06. The lowest BCUT2D eigenvalue weighted by Gasteiger charge is -2.36. The smallest absolute Gasteiger partial charge is 0.228 e. The van der Waals surface area contributed by atoms with E-state index in [1.165, 1.54) is 25.1 Å². The maximum Gasteiger partial charge on any atom is 0.228 e. The molecule has 0 aromatic heterocycles. The first-order valence-corrected chi connectivity index (χ1v) is 10.8. The number of halogens is 3. The van der Waals surface area contributed by atoms with Crippen molar-refractivity contribution in [1.82, 2.24) is 10.2 Å². The summed E-state index contributed by atoms with van der Waals surface area (Å²) in [7, 11) is 0. The number of carbonyl (C=O) groups is 1. The van der Waals surface area contributed by atoms with Crippen molar-refractivity contribution in [2.45, 2.75) is 32.1 Å². The Morgan fingerprint density at radius 2 is 1.77 bits per heavy atom. The first-order chi connectivity index (χ1) is 13.2. The molecular weight excluding hydrogens is 443 g/mol. The summed E-state index contributed by atoms with van der Waals surface area (Å²) in [4.78, 5) is 17.8. The van der Waals surface area contributed by atoms with Crippen LogP contribution in [0.2, 0.25) is 0 Å². The van der Waals surface area contributed by atoms with Crippen molar-refractivity contribution in [1.29, 1.82) is 0 Å². The Balaban J connectivity index is 0.00000107. The molecule has 5 nitrogen and oxygen atoms in total. The third kappa shape index (κ3) is 5.74. The minimum Gasteiger partial charge on any atom is -0.369 e. The van der Waals surface area contributed by atoms with Gasteiger partial charge in [-0.15, -0.1) is 37.2 Å². The van der Waals surface area contributed by atoms with E-state index in [-0.39, 0.29) is 49.0 Å². The highest BCUT2D eigenvalue weighted by Gasteiger charge is 2.57. The SMILES string of the molecule is Cl.Cl.Cl.O=C(Nc1cccc(N2CCN(CC3CC3)CC2)c1)C1CC12CCNCC2. The molecule has 2 saturated carbocycles. The van der Waals surface area contributed by atoms with Crippen molar-refractivity contribution in [2.24, 2.45) is 17.3 Å². The van der Waals surface area contributed by atoms with E-state index in [0.717, 1.165) is 70.1 Å². The maximum absolute atomic E-state index is 12.7. The average Bonchev–Trinajstić information content (AvgIpc) is 3.62. The molecule has 1 aromatic carbocycles. The zero-order chi connectivity index (χ0) is 18.3. The first kappa shape index (κ1) is 25.5. The van der Waals surface area contributed by atoms with Crippen molar-refractivity contribution >= 4 is 54.5 Å². The van der Waals surface area contributed by atoms with Crippen LogP contribution in [-0.2, 0) is 4.79 Å². The molecule has 2 heterocycles. The number of hydrogen-bond donors (Lipinski definition) is 2. The summed E-state index contributed by atoms with van der Waals surface area (Å²) in [5, 5.41) is 6.61. The second kappa shape index (κ2) is 10.7. The molecule has 0 bridgehead atoms. The van der Waals surface area contributed by atoms with Gasteiger partial charge in [-0.2, -0.15) is 0 Å². The molecule has 1 aromatic rings. The van der Waals surface area contributed by atoms with Gasteiger partial charge in [0.15, 0.2) is 0 Å². The Bertz CT molecular complexity index is 701. The lowest BCUT2D eigenvalue weighted by molar-refractivity contribution is -0.118. The molecular formula is C22H35Cl3N4O. The molecule has 1 spiro atoms. The van der Waals surface area contributed by atoms with E-state index in [1.807, 2.05) is 6.07 Å². The number of nitrogens with zero attached hydrogens (tertiary/aromatic N) is 2. The summed E-state index contributed by atoms with van der Waals surface area (Å²) in [5.41, 5.74) is 2.49. The number of rotatable bonds is 5. The highest BCUT2D eigenvalue weighted by atomic mass is 35.5. The van der Waals surface area contributed by atoms with Crippen molar-refractivity contribution in [3.05, 3.63) is 24.3 Å². The average molecular weight is 478 g/mol. The molecule has 2 N–H and O–H groups in total. The molecule has 2 aliphatic carbocycles. The Kier molecular flexibility index (Phi) is 9.14. The van der Waals surface area contributed by atoms with Gasteiger partial charge in [-0.1, -0.05) is 6.07 Å². The summed E-state index contributed by atoms with van der Waals surface area (Å²) in [6.07, 6.45) is 6.23. The van der Waals surface area contributed by atoms with Crippen molar-refractivity contribution < 1.29 is 4.79 Å². The van der Waals surface area contributed by atoms with Crippen LogP contribution >= 0.6 is 37.2 Å². The van der Waals surface area contributed by atoms with Gasteiger partial charge in [0.1, 0.15) is 0 Å². The van der Waals surface area contributed by atoms with Crippen LogP contribution < -0.4 is 15.5 Å². The second-order valence-electron chi connectivity index (χ2n) is 9.14. The lowest BCUT2D eigenvalue weighted by Crippen LogP contribution is -2.47. The molecule has 1 atom stereocenters. The van der Waals surface area contributed by atoms with Gasteiger partial charge in [-0.25, -0.2) is 0 Å². The highest BCUT2D eigenvalue weighted by molar-refractivity contribution is 5.95. The minimum absolute atomic E-state index is 0. The number of amides is 1. The van der Waals surface area contributed by atoms with Crippen LogP contribution in [0.5, 0.6) is 0 Å². The predicted molar refractivity (Wildman–Crippen MR) is 131 cm³/mol. The van der Waals surface area contributed by atoms with Crippen LogP contribution in [-0.4, -0.2) is 56.6 Å². The van der Waals surface area contributed by atoms with Crippen LogP contribution in [0.3, 0.4) is 0 Å². The van der Waals surface area contributed by atoms with Gasteiger partial charge < -0.3 is 15.5 Å². The highest BCUT2D eigenvalue weighted by Crippen LogP contribution is 2.58. The maximum atomic E-state index is 12.7. The van der Waals surface area contributed by atoms with Crippen molar-refractivity contribution in [3.63, 3.8) is 0 Å². The molecule has 4 aliphatic rings. The van der Waals surface area contributed by atoms with Crippen molar-refractivity contribution in [2.75, 3.05) is 56.0 Å². The van der Waals surface area contributed by atoms with E-state index < -0.39 is 0 Å². The largest absolute Gasteiger partial charge is 0.369 e. The molecule has 8 heteroatoms. The Hall–Kier alpha value is -0.720. The van der Waals surface area contributed by atoms with Crippen LogP contribution in [0, 0.1) is 17.3 Å². The molecule has 0 radical (unpaired) electrons. The fourth-order valence-corrected chi connectivity index (χ4v) is 5.06. The predicted octanol–water partition coefficient (Wildman–Crippen LogP) is 3.81. The van der Waals surface area contributed by atoms with E-state index >= 15 is 0 Å². The number of piperazine rings is 1. The Labute approximate surface area is 198 Å². The second-order valence-corrected chi connectivity index (χ2v) is 9.14. The molecule has 2 saturated heterocycles. The molecule has 30 heavy (non-hydrogen) atoms. The molecule has 1 amide bonds. The van der Waals surface area contributed by atoms with E-state index in [0.29, 0.717) is 5.41 Å². The topological polar surface area (TPSA) is 47.6 Å². The van der Waals surface area contributed by atoms with Gasteiger partial charge in [0.2, 0.25) is 5.91 Å². The van der Waals surface area contributed by atoms with Gasteiger partial charge in [0.05, 0.1) is 0 Å². The van der Waals surface area contributed by atoms with E-state index in [9.17, 15) is 4.79 Å². The fraction of sp³-hybridized carbons (Fsp3) is 0.682.